The Labute approximate surface area is 209 Å². The van der Waals surface area contributed by atoms with Crippen LogP contribution in [-0.4, -0.2) is 33.5 Å². The molecule has 1 unspecified atom stereocenters. The van der Waals surface area contributed by atoms with E-state index in [1.807, 2.05) is 72.2 Å². The molecule has 0 fully saturated rings. The molecule has 0 aliphatic rings. The molecule has 3 aromatic carbocycles. The number of benzene rings is 3. The van der Waals surface area contributed by atoms with Gasteiger partial charge in [0.15, 0.2) is 17.1 Å². The van der Waals surface area contributed by atoms with Crippen LogP contribution in [0.5, 0.6) is 11.5 Å². The third-order valence-corrected chi connectivity index (χ3v) is 6.34. The fraction of sp³-hybridized carbons (Fsp3) is 0.296. The van der Waals surface area contributed by atoms with Crippen LogP contribution in [0.1, 0.15) is 32.7 Å². The van der Waals surface area contributed by atoms with Crippen LogP contribution in [0.4, 0.5) is 5.69 Å². The lowest BCUT2D eigenvalue weighted by Crippen LogP contribution is -2.17. The number of hydrogen-bond acceptors (Lipinski definition) is 6. The van der Waals surface area contributed by atoms with Gasteiger partial charge in [-0.1, -0.05) is 62.0 Å². The van der Waals surface area contributed by atoms with Gasteiger partial charge in [-0.25, -0.2) is 0 Å². The molecule has 182 valence electrons. The lowest BCUT2D eigenvalue weighted by molar-refractivity contribution is -0.113. The Balaban J connectivity index is 1.44. The number of fused-ring (bicyclic) bond motifs is 1. The molecule has 1 amide bonds. The topological polar surface area (TPSA) is 78.3 Å². The summed E-state index contributed by atoms with van der Waals surface area (Å²) in [6, 6.07) is 21.5. The third-order valence-electron chi connectivity index (χ3n) is 5.38. The molecular formula is C27H30N4O3S. The van der Waals surface area contributed by atoms with Crippen molar-refractivity contribution in [2.75, 3.05) is 18.2 Å². The number of carbonyl (C=O) groups is 1. The van der Waals surface area contributed by atoms with Crippen molar-refractivity contribution in [2.45, 2.75) is 38.6 Å². The van der Waals surface area contributed by atoms with Crippen LogP contribution in [0.3, 0.4) is 0 Å². The number of rotatable bonds is 10. The van der Waals surface area contributed by atoms with Gasteiger partial charge >= 0.3 is 0 Å². The second-order valence-electron chi connectivity index (χ2n) is 8.68. The molecule has 0 radical (unpaired) electrons. The van der Waals surface area contributed by atoms with Crippen LogP contribution >= 0.6 is 11.8 Å². The Morgan fingerprint density at radius 1 is 0.971 bits per heavy atom. The van der Waals surface area contributed by atoms with Crippen molar-refractivity contribution in [2.24, 2.45) is 5.92 Å². The van der Waals surface area contributed by atoms with Crippen molar-refractivity contribution in [1.29, 1.82) is 0 Å². The summed E-state index contributed by atoms with van der Waals surface area (Å²) in [4.78, 5) is 12.7. The SMILES string of the molecule is COc1cccc(OC(C)c2nnc(SCC(=O)Nc3ccc4ccccc4c3)n2CC(C)C)c1. The lowest BCUT2D eigenvalue weighted by Gasteiger charge is -2.18. The van der Waals surface area contributed by atoms with E-state index in [-0.39, 0.29) is 17.8 Å². The lowest BCUT2D eigenvalue weighted by atomic mass is 10.1. The van der Waals surface area contributed by atoms with Gasteiger partial charge in [0, 0.05) is 18.3 Å². The minimum absolute atomic E-state index is 0.0911. The van der Waals surface area contributed by atoms with Crippen molar-refractivity contribution in [3.63, 3.8) is 0 Å². The fourth-order valence-electron chi connectivity index (χ4n) is 3.77. The number of nitrogens with zero attached hydrogens (tertiary/aromatic N) is 3. The number of thioether (sulfide) groups is 1. The zero-order valence-electron chi connectivity index (χ0n) is 20.4. The van der Waals surface area contributed by atoms with Gasteiger partial charge in [-0.3, -0.25) is 4.79 Å². The third kappa shape index (κ3) is 6.33. The average Bonchev–Trinajstić information content (AvgIpc) is 3.24. The van der Waals surface area contributed by atoms with E-state index < -0.39 is 0 Å². The average molecular weight is 491 g/mol. The van der Waals surface area contributed by atoms with E-state index in [0.717, 1.165) is 34.6 Å². The molecule has 0 spiro atoms. The molecule has 4 aromatic rings. The molecule has 1 N–H and O–H groups in total. The number of anilines is 1. The maximum absolute atomic E-state index is 12.7. The van der Waals surface area contributed by atoms with Crippen LogP contribution in [0.15, 0.2) is 71.9 Å². The largest absolute Gasteiger partial charge is 0.497 e. The summed E-state index contributed by atoms with van der Waals surface area (Å²) in [6.45, 7) is 6.94. The summed E-state index contributed by atoms with van der Waals surface area (Å²) in [7, 11) is 1.63. The first kappa shape index (κ1) is 24.6. The van der Waals surface area contributed by atoms with Crippen molar-refractivity contribution in [3.05, 3.63) is 72.6 Å². The predicted octanol–water partition coefficient (Wildman–Crippen LogP) is 5.97. The van der Waals surface area contributed by atoms with E-state index in [1.54, 1.807) is 7.11 Å². The molecule has 0 saturated heterocycles. The minimum Gasteiger partial charge on any atom is -0.497 e. The van der Waals surface area contributed by atoms with E-state index in [9.17, 15) is 4.79 Å². The van der Waals surface area contributed by atoms with Crippen LogP contribution in [0.25, 0.3) is 10.8 Å². The van der Waals surface area contributed by atoms with Crippen molar-refractivity contribution < 1.29 is 14.3 Å². The molecular weight excluding hydrogens is 460 g/mol. The minimum atomic E-state index is -0.325. The predicted molar refractivity (Wildman–Crippen MR) is 140 cm³/mol. The number of nitrogens with one attached hydrogen (secondary N) is 1. The molecule has 8 heteroatoms. The van der Waals surface area contributed by atoms with E-state index >= 15 is 0 Å². The van der Waals surface area contributed by atoms with Crippen LogP contribution in [0, 0.1) is 5.92 Å². The number of methoxy groups -OCH3 is 1. The summed E-state index contributed by atoms with van der Waals surface area (Å²) >= 11 is 1.37. The molecule has 35 heavy (non-hydrogen) atoms. The fourth-order valence-corrected chi connectivity index (χ4v) is 4.52. The van der Waals surface area contributed by atoms with Crippen LogP contribution < -0.4 is 14.8 Å². The number of ether oxygens (including phenoxy) is 2. The standard InChI is InChI=1S/C27H30N4O3S/c1-18(2)16-31-26(19(3)34-24-11-7-10-23(15-24)33-4)29-30-27(31)35-17-25(32)28-22-13-12-20-8-5-6-9-21(20)14-22/h5-15,18-19H,16-17H2,1-4H3,(H,28,32). The number of amides is 1. The summed E-state index contributed by atoms with van der Waals surface area (Å²) < 4.78 is 13.5. The first-order valence-corrected chi connectivity index (χ1v) is 12.6. The van der Waals surface area contributed by atoms with E-state index in [2.05, 4.69) is 35.4 Å². The molecule has 1 aromatic heterocycles. The highest BCUT2D eigenvalue weighted by Crippen LogP contribution is 2.28. The van der Waals surface area contributed by atoms with Gasteiger partial charge in [0.2, 0.25) is 5.91 Å². The highest BCUT2D eigenvalue weighted by molar-refractivity contribution is 7.99. The van der Waals surface area contributed by atoms with Gasteiger partial charge in [0.25, 0.3) is 0 Å². The maximum atomic E-state index is 12.7. The molecule has 1 heterocycles. The maximum Gasteiger partial charge on any atom is 0.234 e. The first-order chi connectivity index (χ1) is 16.9. The molecule has 0 aliphatic heterocycles. The normalized spacial score (nSPS) is 12.0. The highest BCUT2D eigenvalue weighted by Gasteiger charge is 2.21. The Kier molecular flexibility index (Phi) is 7.92. The van der Waals surface area contributed by atoms with E-state index in [1.165, 1.54) is 11.8 Å². The number of carbonyl (C=O) groups excluding carboxylic acids is 1. The summed E-state index contributed by atoms with van der Waals surface area (Å²) in [5.74, 6) is 2.66. The van der Waals surface area contributed by atoms with Gasteiger partial charge in [-0.15, -0.1) is 10.2 Å². The van der Waals surface area contributed by atoms with Crippen molar-refractivity contribution >= 4 is 34.1 Å². The molecule has 4 rings (SSSR count). The van der Waals surface area contributed by atoms with Gasteiger partial charge < -0.3 is 19.4 Å². The number of hydrogen-bond donors (Lipinski definition) is 1. The van der Waals surface area contributed by atoms with Crippen LogP contribution in [-0.2, 0) is 11.3 Å². The van der Waals surface area contributed by atoms with Gasteiger partial charge in [-0.05, 0) is 47.9 Å². The number of aromatic nitrogens is 3. The quantitative estimate of drug-likeness (QED) is 0.276. The Bertz CT molecular complexity index is 1300. The first-order valence-electron chi connectivity index (χ1n) is 11.6. The monoisotopic (exact) mass is 490 g/mol. The molecule has 0 aliphatic carbocycles. The summed E-state index contributed by atoms with van der Waals surface area (Å²) in [5, 5.41) is 14.7. The summed E-state index contributed by atoms with van der Waals surface area (Å²) in [5.41, 5.74) is 0.777. The second kappa shape index (κ2) is 11.3. The Hall–Kier alpha value is -3.52. The smallest absolute Gasteiger partial charge is 0.234 e. The van der Waals surface area contributed by atoms with Gasteiger partial charge in [0.05, 0.1) is 12.9 Å². The Morgan fingerprint density at radius 2 is 1.74 bits per heavy atom. The van der Waals surface area contributed by atoms with E-state index in [0.29, 0.717) is 16.8 Å². The van der Waals surface area contributed by atoms with Gasteiger partial charge in [-0.2, -0.15) is 0 Å². The zero-order valence-corrected chi connectivity index (χ0v) is 21.2. The molecule has 0 saturated carbocycles. The highest BCUT2D eigenvalue weighted by atomic mass is 32.2. The van der Waals surface area contributed by atoms with Crippen molar-refractivity contribution in [3.8, 4) is 11.5 Å². The second-order valence-corrected chi connectivity index (χ2v) is 9.63. The van der Waals surface area contributed by atoms with E-state index in [4.69, 9.17) is 9.47 Å². The molecule has 0 bridgehead atoms. The van der Waals surface area contributed by atoms with Crippen LogP contribution in [0.2, 0.25) is 0 Å². The van der Waals surface area contributed by atoms with Crippen molar-refractivity contribution in [1.82, 2.24) is 14.8 Å². The summed E-state index contributed by atoms with van der Waals surface area (Å²) in [6.07, 6.45) is -0.325. The Morgan fingerprint density at radius 3 is 2.51 bits per heavy atom. The molecule has 7 nitrogen and oxygen atoms in total. The zero-order chi connectivity index (χ0) is 24.8. The molecule has 1 atom stereocenters. The van der Waals surface area contributed by atoms with Gasteiger partial charge in [0.1, 0.15) is 11.5 Å².